The van der Waals surface area contributed by atoms with Gasteiger partial charge in [-0.3, -0.25) is 4.98 Å². The highest BCUT2D eigenvalue weighted by Gasteiger charge is 2.16. The van der Waals surface area contributed by atoms with Crippen LogP contribution in [0.3, 0.4) is 0 Å². The van der Waals surface area contributed by atoms with E-state index < -0.39 is 0 Å². The van der Waals surface area contributed by atoms with Crippen LogP contribution in [0.25, 0.3) is 0 Å². The lowest BCUT2D eigenvalue weighted by Gasteiger charge is -2.22. The zero-order valence-electron chi connectivity index (χ0n) is 12.6. The van der Waals surface area contributed by atoms with Crippen molar-refractivity contribution in [2.24, 2.45) is 0 Å². The highest BCUT2D eigenvalue weighted by Crippen LogP contribution is 2.30. The summed E-state index contributed by atoms with van der Waals surface area (Å²) in [5.41, 5.74) is 4.91. The number of hydrogen-bond acceptors (Lipinski definition) is 3. The molecule has 0 radical (unpaired) electrons. The van der Waals surface area contributed by atoms with Crippen LogP contribution in [-0.4, -0.2) is 18.6 Å². The van der Waals surface area contributed by atoms with Gasteiger partial charge in [0.1, 0.15) is 5.75 Å². The molecule has 2 aromatic rings. The van der Waals surface area contributed by atoms with Crippen molar-refractivity contribution in [2.45, 2.75) is 26.8 Å². The van der Waals surface area contributed by atoms with Crippen LogP contribution in [0.1, 0.15) is 35.2 Å². The van der Waals surface area contributed by atoms with Crippen molar-refractivity contribution in [1.82, 2.24) is 10.3 Å². The Morgan fingerprint density at radius 1 is 1.15 bits per heavy atom. The van der Waals surface area contributed by atoms with Crippen molar-refractivity contribution in [2.75, 3.05) is 13.7 Å². The van der Waals surface area contributed by atoms with Crippen LogP contribution < -0.4 is 10.1 Å². The molecule has 0 amide bonds. The van der Waals surface area contributed by atoms with E-state index in [-0.39, 0.29) is 6.04 Å². The molecule has 0 aliphatic heterocycles. The smallest absolute Gasteiger partial charge is 0.122 e. The average Bonchev–Trinajstić information content (AvgIpc) is 2.48. The fourth-order valence-electron chi connectivity index (χ4n) is 2.51. The maximum Gasteiger partial charge on any atom is 0.122 e. The molecule has 3 nitrogen and oxygen atoms in total. The van der Waals surface area contributed by atoms with E-state index in [1.54, 1.807) is 7.11 Å². The second kappa shape index (κ2) is 6.53. The summed E-state index contributed by atoms with van der Waals surface area (Å²) in [5, 5.41) is 3.55. The summed E-state index contributed by atoms with van der Waals surface area (Å²) in [4.78, 5) is 4.10. The van der Waals surface area contributed by atoms with E-state index in [0.717, 1.165) is 17.9 Å². The Hall–Kier alpha value is -1.87. The van der Waals surface area contributed by atoms with Gasteiger partial charge in [-0.05, 0) is 60.8 Å². The van der Waals surface area contributed by atoms with Gasteiger partial charge in [0.15, 0.2) is 0 Å². The van der Waals surface area contributed by atoms with Crippen LogP contribution in [0.4, 0.5) is 0 Å². The maximum absolute atomic E-state index is 5.40. The summed E-state index contributed by atoms with van der Waals surface area (Å²) in [6.45, 7) is 7.25. The van der Waals surface area contributed by atoms with Gasteiger partial charge < -0.3 is 10.1 Å². The first-order chi connectivity index (χ1) is 9.67. The third-order valence-electron chi connectivity index (χ3n) is 3.54. The molecular formula is C17H22N2O. The molecule has 106 valence electrons. The van der Waals surface area contributed by atoms with Crippen LogP contribution in [0.15, 0.2) is 36.7 Å². The van der Waals surface area contributed by atoms with E-state index >= 15 is 0 Å². The highest BCUT2D eigenvalue weighted by atomic mass is 16.5. The summed E-state index contributed by atoms with van der Waals surface area (Å²) < 4.78 is 5.40. The van der Waals surface area contributed by atoms with Crippen molar-refractivity contribution in [3.05, 3.63) is 58.9 Å². The Balaban J connectivity index is 2.47. The van der Waals surface area contributed by atoms with E-state index in [0.29, 0.717) is 0 Å². The Bertz CT molecular complexity index is 567. The molecule has 1 heterocycles. The molecule has 1 aromatic carbocycles. The second-order valence-corrected chi connectivity index (χ2v) is 4.95. The zero-order chi connectivity index (χ0) is 14.5. The first-order valence-electron chi connectivity index (χ1n) is 6.95. The number of benzene rings is 1. The SMILES string of the molecule is CCNC(c1ccncc1)c1cc(C)c(OC)cc1C. The van der Waals surface area contributed by atoms with Gasteiger partial charge in [0.2, 0.25) is 0 Å². The standard InChI is InChI=1S/C17H22N2O/c1-5-19-17(14-6-8-18-9-7-14)15-10-13(3)16(20-4)11-12(15)2/h6-11,17,19H,5H2,1-4H3. The third-order valence-corrected chi connectivity index (χ3v) is 3.54. The number of aryl methyl sites for hydroxylation is 2. The lowest BCUT2D eigenvalue weighted by molar-refractivity contribution is 0.411. The molecule has 1 N–H and O–H groups in total. The molecule has 0 fully saturated rings. The van der Waals surface area contributed by atoms with Gasteiger partial charge in [0.05, 0.1) is 13.2 Å². The number of nitrogens with zero attached hydrogens (tertiary/aromatic N) is 1. The molecule has 0 bridgehead atoms. The van der Waals surface area contributed by atoms with Gasteiger partial charge in [0, 0.05) is 12.4 Å². The van der Waals surface area contributed by atoms with Gasteiger partial charge in [0.25, 0.3) is 0 Å². The Morgan fingerprint density at radius 3 is 2.45 bits per heavy atom. The Morgan fingerprint density at radius 2 is 1.85 bits per heavy atom. The summed E-state index contributed by atoms with van der Waals surface area (Å²) in [5.74, 6) is 0.941. The summed E-state index contributed by atoms with van der Waals surface area (Å²) >= 11 is 0. The van der Waals surface area contributed by atoms with E-state index in [4.69, 9.17) is 4.74 Å². The number of rotatable bonds is 5. The Kier molecular flexibility index (Phi) is 4.74. The first-order valence-corrected chi connectivity index (χ1v) is 6.95. The molecule has 0 saturated heterocycles. The topological polar surface area (TPSA) is 34.2 Å². The van der Waals surface area contributed by atoms with E-state index in [1.807, 2.05) is 12.4 Å². The monoisotopic (exact) mass is 270 g/mol. The largest absolute Gasteiger partial charge is 0.496 e. The molecule has 1 atom stereocenters. The quantitative estimate of drug-likeness (QED) is 0.904. The van der Waals surface area contributed by atoms with Crippen molar-refractivity contribution >= 4 is 0 Å². The van der Waals surface area contributed by atoms with Crippen LogP contribution >= 0.6 is 0 Å². The molecule has 20 heavy (non-hydrogen) atoms. The highest BCUT2D eigenvalue weighted by molar-refractivity contribution is 5.45. The minimum absolute atomic E-state index is 0.188. The first kappa shape index (κ1) is 14.5. The van der Waals surface area contributed by atoms with Gasteiger partial charge in [-0.15, -0.1) is 0 Å². The van der Waals surface area contributed by atoms with E-state index in [2.05, 4.69) is 55.3 Å². The molecule has 0 saturated carbocycles. The van der Waals surface area contributed by atoms with Gasteiger partial charge in [-0.2, -0.15) is 0 Å². The number of hydrogen-bond donors (Lipinski definition) is 1. The number of aromatic nitrogens is 1. The van der Waals surface area contributed by atoms with E-state index in [9.17, 15) is 0 Å². The predicted molar refractivity (Wildman–Crippen MR) is 82.2 cm³/mol. The van der Waals surface area contributed by atoms with E-state index in [1.165, 1.54) is 16.7 Å². The number of methoxy groups -OCH3 is 1. The van der Waals surface area contributed by atoms with Gasteiger partial charge in [-0.1, -0.05) is 13.0 Å². The van der Waals surface area contributed by atoms with Crippen LogP contribution in [0.2, 0.25) is 0 Å². The minimum atomic E-state index is 0.188. The molecular weight excluding hydrogens is 248 g/mol. The van der Waals surface area contributed by atoms with Gasteiger partial charge in [-0.25, -0.2) is 0 Å². The molecule has 3 heteroatoms. The maximum atomic E-state index is 5.40. The normalized spacial score (nSPS) is 12.2. The molecule has 1 unspecified atom stereocenters. The zero-order valence-corrected chi connectivity index (χ0v) is 12.6. The van der Waals surface area contributed by atoms with Crippen LogP contribution in [0.5, 0.6) is 5.75 Å². The average molecular weight is 270 g/mol. The summed E-state index contributed by atoms with van der Waals surface area (Å²) in [6, 6.07) is 8.63. The van der Waals surface area contributed by atoms with Crippen LogP contribution in [-0.2, 0) is 0 Å². The van der Waals surface area contributed by atoms with Crippen molar-refractivity contribution in [3.8, 4) is 5.75 Å². The molecule has 0 spiro atoms. The summed E-state index contributed by atoms with van der Waals surface area (Å²) in [6.07, 6.45) is 3.68. The third kappa shape index (κ3) is 2.99. The number of nitrogens with one attached hydrogen (secondary N) is 1. The fraction of sp³-hybridized carbons (Fsp3) is 0.353. The van der Waals surface area contributed by atoms with Crippen molar-refractivity contribution < 1.29 is 4.74 Å². The molecule has 0 aliphatic rings. The Labute approximate surface area is 121 Å². The fourth-order valence-corrected chi connectivity index (χ4v) is 2.51. The molecule has 0 aliphatic carbocycles. The van der Waals surface area contributed by atoms with Gasteiger partial charge >= 0.3 is 0 Å². The number of pyridine rings is 1. The number of ether oxygens (including phenoxy) is 1. The van der Waals surface area contributed by atoms with Crippen molar-refractivity contribution in [3.63, 3.8) is 0 Å². The molecule has 2 rings (SSSR count). The minimum Gasteiger partial charge on any atom is -0.496 e. The molecule has 1 aromatic heterocycles. The van der Waals surface area contributed by atoms with Crippen LogP contribution in [0, 0.1) is 13.8 Å². The lowest BCUT2D eigenvalue weighted by atomic mass is 9.93. The lowest BCUT2D eigenvalue weighted by Crippen LogP contribution is -2.23. The predicted octanol–water partition coefficient (Wildman–Crippen LogP) is 3.41. The van der Waals surface area contributed by atoms with Crippen molar-refractivity contribution in [1.29, 1.82) is 0 Å². The summed E-state index contributed by atoms with van der Waals surface area (Å²) in [7, 11) is 1.71. The second-order valence-electron chi connectivity index (χ2n) is 4.95.